The molecule has 16 heavy (non-hydrogen) atoms. The number of rotatable bonds is 2. The van der Waals surface area contributed by atoms with Crippen molar-refractivity contribution in [3.63, 3.8) is 0 Å². The van der Waals surface area contributed by atoms with Crippen LogP contribution in [0.3, 0.4) is 0 Å². The van der Waals surface area contributed by atoms with E-state index in [1.807, 2.05) is 13.1 Å². The Kier molecular flexibility index (Phi) is 4.08. The maximum Gasteiger partial charge on any atom is 0.0474 e. The molecule has 0 radical (unpaired) electrons. The molecule has 1 aliphatic heterocycles. The van der Waals surface area contributed by atoms with Crippen LogP contribution in [-0.2, 0) is 0 Å². The molecular formula is C13H19ClN2. The molecule has 1 unspecified atom stereocenters. The summed E-state index contributed by atoms with van der Waals surface area (Å²) in [6.45, 7) is 1.11. The second kappa shape index (κ2) is 5.55. The molecule has 2 N–H and O–H groups in total. The largest absolute Gasteiger partial charge is 0.388 e. The van der Waals surface area contributed by atoms with Gasteiger partial charge in [0, 0.05) is 23.8 Å². The smallest absolute Gasteiger partial charge is 0.0474 e. The van der Waals surface area contributed by atoms with Gasteiger partial charge in [0.2, 0.25) is 0 Å². The highest BCUT2D eigenvalue weighted by molar-refractivity contribution is 6.31. The highest BCUT2D eigenvalue weighted by atomic mass is 35.5. The standard InChI is InChI=1S/C13H19ClN2/c1-15-10-6-7-11(12(14)9-10)13-5-3-2-4-8-16-13/h6-7,9,13,15-16H,2-5,8H2,1H3. The van der Waals surface area contributed by atoms with Crippen LogP contribution in [0.4, 0.5) is 5.69 Å². The summed E-state index contributed by atoms with van der Waals surface area (Å²) in [5.41, 5.74) is 2.31. The van der Waals surface area contributed by atoms with Crippen molar-refractivity contribution in [2.24, 2.45) is 0 Å². The Morgan fingerprint density at radius 3 is 2.94 bits per heavy atom. The van der Waals surface area contributed by atoms with Gasteiger partial charge in [0.15, 0.2) is 0 Å². The van der Waals surface area contributed by atoms with Gasteiger partial charge in [-0.05, 0) is 37.1 Å². The summed E-state index contributed by atoms with van der Waals surface area (Å²) in [5.74, 6) is 0. The lowest BCUT2D eigenvalue weighted by atomic mass is 10.0. The Morgan fingerprint density at radius 1 is 1.31 bits per heavy atom. The van der Waals surface area contributed by atoms with Crippen molar-refractivity contribution in [3.05, 3.63) is 28.8 Å². The number of benzene rings is 1. The number of hydrogen-bond acceptors (Lipinski definition) is 2. The van der Waals surface area contributed by atoms with Crippen LogP contribution >= 0.6 is 11.6 Å². The van der Waals surface area contributed by atoms with Gasteiger partial charge in [-0.1, -0.05) is 30.5 Å². The van der Waals surface area contributed by atoms with Gasteiger partial charge in [0.05, 0.1) is 0 Å². The fourth-order valence-electron chi connectivity index (χ4n) is 2.26. The molecule has 1 heterocycles. The molecule has 1 aromatic rings. The third-order valence-electron chi connectivity index (χ3n) is 3.22. The highest BCUT2D eigenvalue weighted by Crippen LogP contribution is 2.30. The summed E-state index contributed by atoms with van der Waals surface area (Å²) in [4.78, 5) is 0. The maximum absolute atomic E-state index is 6.31. The molecular weight excluding hydrogens is 220 g/mol. The molecule has 0 aliphatic carbocycles. The van der Waals surface area contributed by atoms with Gasteiger partial charge in [0.25, 0.3) is 0 Å². The lowest BCUT2D eigenvalue weighted by Gasteiger charge is -2.18. The van der Waals surface area contributed by atoms with E-state index in [4.69, 9.17) is 11.6 Å². The average Bonchev–Trinajstić information content (AvgIpc) is 2.57. The second-order valence-corrected chi connectivity index (χ2v) is 4.75. The molecule has 1 aromatic carbocycles. The van der Waals surface area contributed by atoms with E-state index < -0.39 is 0 Å². The van der Waals surface area contributed by atoms with Crippen molar-refractivity contribution in [2.45, 2.75) is 31.7 Å². The van der Waals surface area contributed by atoms with E-state index in [1.54, 1.807) is 0 Å². The molecule has 1 fully saturated rings. The Morgan fingerprint density at radius 2 is 2.19 bits per heavy atom. The molecule has 2 nitrogen and oxygen atoms in total. The first-order valence-corrected chi connectivity index (χ1v) is 6.39. The van der Waals surface area contributed by atoms with E-state index in [9.17, 15) is 0 Å². The highest BCUT2D eigenvalue weighted by Gasteiger charge is 2.16. The van der Waals surface area contributed by atoms with Crippen LogP contribution in [0.2, 0.25) is 5.02 Å². The quantitative estimate of drug-likeness (QED) is 0.823. The van der Waals surface area contributed by atoms with E-state index in [-0.39, 0.29) is 0 Å². The van der Waals surface area contributed by atoms with Gasteiger partial charge in [-0.15, -0.1) is 0 Å². The van der Waals surface area contributed by atoms with E-state index >= 15 is 0 Å². The van der Waals surface area contributed by atoms with Gasteiger partial charge in [0.1, 0.15) is 0 Å². The topological polar surface area (TPSA) is 24.1 Å². The Hall–Kier alpha value is -0.730. The molecule has 0 saturated carbocycles. The number of halogens is 1. The van der Waals surface area contributed by atoms with Crippen molar-refractivity contribution in [3.8, 4) is 0 Å². The molecule has 1 saturated heterocycles. The molecule has 2 rings (SSSR count). The van der Waals surface area contributed by atoms with E-state index in [2.05, 4.69) is 22.8 Å². The van der Waals surface area contributed by atoms with Gasteiger partial charge in [-0.2, -0.15) is 0 Å². The van der Waals surface area contributed by atoms with Crippen LogP contribution in [0, 0.1) is 0 Å². The molecule has 0 aromatic heterocycles. The minimum Gasteiger partial charge on any atom is -0.388 e. The SMILES string of the molecule is CNc1ccc(C2CCCCCN2)c(Cl)c1. The summed E-state index contributed by atoms with van der Waals surface area (Å²) in [5, 5.41) is 7.54. The lowest BCUT2D eigenvalue weighted by molar-refractivity contribution is 0.535. The molecule has 0 amide bonds. The third-order valence-corrected chi connectivity index (χ3v) is 3.55. The maximum atomic E-state index is 6.31. The Balaban J connectivity index is 2.18. The van der Waals surface area contributed by atoms with Crippen molar-refractivity contribution >= 4 is 17.3 Å². The van der Waals surface area contributed by atoms with Crippen LogP contribution in [0.1, 0.15) is 37.3 Å². The van der Waals surface area contributed by atoms with Crippen molar-refractivity contribution < 1.29 is 0 Å². The molecule has 3 heteroatoms. The summed E-state index contributed by atoms with van der Waals surface area (Å²) in [7, 11) is 1.91. The summed E-state index contributed by atoms with van der Waals surface area (Å²) < 4.78 is 0. The van der Waals surface area contributed by atoms with Crippen LogP contribution in [0.5, 0.6) is 0 Å². The Bertz CT molecular complexity index is 344. The number of anilines is 1. The zero-order valence-corrected chi connectivity index (χ0v) is 10.5. The predicted octanol–water partition coefficient (Wildman–Crippen LogP) is 3.59. The molecule has 1 aliphatic rings. The minimum atomic E-state index is 0.431. The van der Waals surface area contributed by atoms with Crippen LogP contribution < -0.4 is 10.6 Å². The zero-order valence-electron chi connectivity index (χ0n) is 9.72. The van der Waals surface area contributed by atoms with Crippen LogP contribution in [-0.4, -0.2) is 13.6 Å². The summed E-state index contributed by atoms with van der Waals surface area (Å²) >= 11 is 6.31. The van der Waals surface area contributed by atoms with Gasteiger partial charge < -0.3 is 10.6 Å². The monoisotopic (exact) mass is 238 g/mol. The van der Waals surface area contributed by atoms with Crippen LogP contribution in [0.25, 0.3) is 0 Å². The molecule has 0 spiro atoms. The van der Waals surface area contributed by atoms with E-state index in [1.165, 1.54) is 31.2 Å². The second-order valence-electron chi connectivity index (χ2n) is 4.34. The average molecular weight is 239 g/mol. The normalized spacial score (nSPS) is 21.5. The summed E-state index contributed by atoms with van der Waals surface area (Å²) in [6.07, 6.45) is 5.10. The minimum absolute atomic E-state index is 0.431. The van der Waals surface area contributed by atoms with Gasteiger partial charge in [-0.3, -0.25) is 0 Å². The fraction of sp³-hybridized carbons (Fsp3) is 0.538. The summed E-state index contributed by atoms with van der Waals surface area (Å²) in [6, 6.07) is 6.66. The lowest BCUT2D eigenvalue weighted by Crippen LogP contribution is -2.20. The van der Waals surface area contributed by atoms with Crippen molar-refractivity contribution in [2.75, 3.05) is 18.9 Å². The van der Waals surface area contributed by atoms with Gasteiger partial charge >= 0.3 is 0 Å². The Labute approximate surface area is 102 Å². The molecule has 0 bridgehead atoms. The number of hydrogen-bond donors (Lipinski definition) is 2. The first kappa shape index (κ1) is 11.7. The van der Waals surface area contributed by atoms with E-state index in [0.717, 1.165) is 17.3 Å². The van der Waals surface area contributed by atoms with Crippen molar-refractivity contribution in [1.29, 1.82) is 0 Å². The predicted molar refractivity (Wildman–Crippen MR) is 70.2 cm³/mol. The fourth-order valence-corrected chi connectivity index (χ4v) is 2.57. The molecule has 1 atom stereocenters. The number of nitrogens with one attached hydrogen (secondary N) is 2. The van der Waals surface area contributed by atoms with E-state index in [0.29, 0.717) is 6.04 Å². The first-order chi connectivity index (χ1) is 7.81. The zero-order chi connectivity index (χ0) is 11.4. The molecule has 88 valence electrons. The third kappa shape index (κ3) is 2.69. The first-order valence-electron chi connectivity index (χ1n) is 6.02. The van der Waals surface area contributed by atoms with Crippen LogP contribution in [0.15, 0.2) is 18.2 Å². The van der Waals surface area contributed by atoms with Gasteiger partial charge in [-0.25, -0.2) is 0 Å². The van der Waals surface area contributed by atoms with Crippen molar-refractivity contribution in [1.82, 2.24) is 5.32 Å².